The Morgan fingerprint density at radius 2 is 2.16 bits per heavy atom. The molecule has 0 bridgehead atoms. The molecule has 1 aromatic carbocycles. The summed E-state index contributed by atoms with van der Waals surface area (Å²) in [5.41, 5.74) is 2.58. The van der Waals surface area contributed by atoms with Crippen molar-refractivity contribution in [1.29, 1.82) is 0 Å². The minimum absolute atomic E-state index is 0.212. The number of nitrogens with one attached hydrogen (secondary N) is 1. The van der Waals surface area contributed by atoms with E-state index in [0.717, 1.165) is 17.8 Å². The second kappa shape index (κ2) is 5.72. The SMILES string of the molecule is CCNC(c1ccc(Cl)cc1F)c1cnn(C)c1C. The number of halogens is 2. The molecule has 1 heterocycles. The molecule has 102 valence electrons. The number of aromatic nitrogens is 2. The summed E-state index contributed by atoms with van der Waals surface area (Å²) in [4.78, 5) is 0. The van der Waals surface area contributed by atoms with E-state index in [0.29, 0.717) is 10.6 Å². The summed E-state index contributed by atoms with van der Waals surface area (Å²) in [6.45, 7) is 4.70. The van der Waals surface area contributed by atoms with Crippen molar-refractivity contribution in [3.8, 4) is 0 Å². The number of nitrogens with zero attached hydrogens (tertiary/aromatic N) is 2. The van der Waals surface area contributed by atoms with Crippen LogP contribution in [0.3, 0.4) is 0 Å². The van der Waals surface area contributed by atoms with Gasteiger partial charge in [-0.25, -0.2) is 4.39 Å². The largest absolute Gasteiger partial charge is 0.306 e. The van der Waals surface area contributed by atoms with Crippen molar-refractivity contribution in [2.75, 3.05) is 6.54 Å². The molecule has 0 spiro atoms. The molecule has 19 heavy (non-hydrogen) atoms. The maximum atomic E-state index is 14.1. The molecule has 1 unspecified atom stereocenters. The summed E-state index contributed by atoms with van der Waals surface area (Å²) < 4.78 is 15.9. The van der Waals surface area contributed by atoms with Crippen LogP contribution in [0.25, 0.3) is 0 Å². The average molecular weight is 282 g/mol. The molecular formula is C14H17ClFN3. The molecule has 2 rings (SSSR count). The highest BCUT2D eigenvalue weighted by Crippen LogP contribution is 2.28. The van der Waals surface area contributed by atoms with E-state index in [-0.39, 0.29) is 11.9 Å². The number of aryl methyl sites for hydroxylation is 1. The molecule has 0 aliphatic heterocycles. The summed E-state index contributed by atoms with van der Waals surface area (Å²) in [5.74, 6) is -0.304. The smallest absolute Gasteiger partial charge is 0.129 e. The Kier molecular flexibility index (Phi) is 4.22. The van der Waals surface area contributed by atoms with Gasteiger partial charge < -0.3 is 5.32 Å². The fourth-order valence-corrected chi connectivity index (χ4v) is 2.29. The highest BCUT2D eigenvalue weighted by molar-refractivity contribution is 6.30. The van der Waals surface area contributed by atoms with Crippen LogP contribution in [0.1, 0.15) is 29.8 Å². The van der Waals surface area contributed by atoms with Gasteiger partial charge in [-0.3, -0.25) is 4.68 Å². The summed E-state index contributed by atoms with van der Waals surface area (Å²) in [6, 6.07) is 4.55. The third kappa shape index (κ3) is 2.80. The summed E-state index contributed by atoms with van der Waals surface area (Å²) in [7, 11) is 1.88. The Labute approximate surface area is 117 Å². The second-order valence-corrected chi connectivity index (χ2v) is 4.90. The van der Waals surface area contributed by atoms with Crippen LogP contribution < -0.4 is 5.32 Å². The third-order valence-electron chi connectivity index (χ3n) is 3.27. The summed E-state index contributed by atoms with van der Waals surface area (Å²) in [5, 5.41) is 7.92. The molecule has 0 aliphatic carbocycles. The van der Waals surface area contributed by atoms with Crippen molar-refractivity contribution in [2.24, 2.45) is 7.05 Å². The maximum Gasteiger partial charge on any atom is 0.129 e. The second-order valence-electron chi connectivity index (χ2n) is 4.47. The van der Waals surface area contributed by atoms with Crippen LogP contribution in [0.15, 0.2) is 24.4 Å². The fraction of sp³-hybridized carbons (Fsp3) is 0.357. The van der Waals surface area contributed by atoms with E-state index in [1.54, 1.807) is 23.0 Å². The predicted molar refractivity (Wildman–Crippen MR) is 74.9 cm³/mol. The first-order valence-corrected chi connectivity index (χ1v) is 6.59. The topological polar surface area (TPSA) is 29.9 Å². The van der Waals surface area contributed by atoms with Crippen molar-refractivity contribution in [2.45, 2.75) is 19.9 Å². The molecule has 0 aliphatic rings. The molecule has 2 aromatic rings. The fourth-order valence-electron chi connectivity index (χ4n) is 2.13. The lowest BCUT2D eigenvalue weighted by Gasteiger charge is -2.19. The first-order valence-electron chi connectivity index (χ1n) is 6.21. The van der Waals surface area contributed by atoms with Crippen molar-refractivity contribution >= 4 is 11.6 Å². The van der Waals surface area contributed by atoms with Gasteiger partial charge in [0, 0.05) is 28.9 Å². The average Bonchev–Trinajstić information content (AvgIpc) is 2.68. The number of hydrogen-bond donors (Lipinski definition) is 1. The van der Waals surface area contributed by atoms with Gasteiger partial charge in [-0.15, -0.1) is 0 Å². The van der Waals surface area contributed by atoms with E-state index in [2.05, 4.69) is 10.4 Å². The Hall–Kier alpha value is -1.39. The van der Waals surface area contributed by atoms with E-state index in [1.807, 2.05) is 20.9 Å². The molecule has 3 nitrogen and oxygen atoms in total. The van der Waals surface area contributed by atoms with Gasteiger partial charge in [-0.2, -0.15) is 5.10 Å². The molecule has 1 N–H and O–H groups in total. The Morgan fingerprint density at radius 1 is 1.42 bits per heavy atom. The number of benzene rings is 1. The lowest BCUT2D eigenvalue weighted by molar-refractivity contribution is 0.557. The Morgan fingerprint density at radius 3 is 2.68 bits per heavy atom. The maximum absolute atomic E-state index is 14.1. The number of rotatable bonds is 4. The minimum atomic E-state index is -0.304. The molecule has 0 radical (unpaired) electrons. The van der Waals surface area contributed by atoms with Crippen LogP contribution in [0.2, 0.25) is 5.02 Å². The normalized spacial score (nSPS) is 12.7. The summed E-state index contributed by atoms with van der Waals surface area (Å²) >= 11 is 5.80. The van der Waals surface area contributed by atoms with Crippen LogP contribution in [0.4, 0.5) is 4.39 Å². The molecular weight excluding hydrogens is 265 g/mol. The van der Waals surface area contributed by atoms with E-state index in [1.165, 1.54) is 6.07 Å². The predicted octanol–water partition coefficient (Wildman–Crippen LogP) is 3.22. The van der Waals surface area contributed by atoms with Crippen molar-refractivity contribution < 1.29 is 4.39 Å². The number of hydrogen-bond acceptors (Lipinski definition) is 2. The van der Waals surface area contributed by atoms with Crippen molar-refractivity contribution in [3.05, 3.63) is 52.1 Å². The van der Waals surface area contributed by atoms with Crippen LogP contribution in [-0.4, -0.2) is 16.3 Å². The molecule has 5 heteroatoms. The molecule has 0 fully saturated rings. The van der Waals surface area contributed by atoms with Crippen molar-refractivity contribution in [1.82, 2.24) is 15.1 Å². The Balaban J connectivity index is 2.48. The van der Waals surface area contributed by atoms with Gasteiger partial charge in [0.2, 0.25) is 0 Å². The van der Waals surface area contributed by atoms with Crippen LogP contribution in [-0.2, 0) is 7.05 Å². The third-order valence-corrected chi connectivity index (χ3v) is 3.50. The van der Waals surface area contributed by atoms with Gasteiger partial charge in [0.15, 0.2) is 0 Å². The van der Waals surface area contributed by atoms with Crippen molar-refractivity contribution in [3.63, 3.8) is 0 Å². The molecule has 0 amide bonds. The molecule has 1 aromatic heterocycles. The van der Waals surface area contributed by atoms with E-state index in [4.69, 9.17) is 11.6 Å². The molecule has 0 saturated carbocycles. The van der Waals surface area contributed by atoms with Gasteiger partial charge in [0.05, 0.1) is 12.2 Å². The van der Waals surface area contributed by atoms with E-state index in [9.17, 15) is 4.39 Å². The van der Waals surface area contributed by atoms with Crippen LogP contribution >= 0.6 is 11.6 Å². The highest BCUT2D eigenvalue weighted by Gasteiger charge is 2.21. The first kappa shape index (κ1) is 14.0. The zero-order chi connectivity index (χ0) is 14.0. The van der Waals surface area contributed by atoms with Gasteiger partial charge in [0.1, 0.15) is 5.82 Å². The Bertz CT molecular complexity index is 580. The first-order chi connectivity index (χ1) is 9.04. The van der Waals surface area contributed by atoms with Gasteiger partial charge >= 0.3 is 0 Å². The summed E-state index contributed by atoms with van der Waals surface area (Å²) in [6.07, 6.45) is 1.77. The lowest BCUT2D eigenvalue weighted by atomic mass is 9.99. The highest BCUT2D eigenvalue weighted by atomic mass is 35.5. The standard InChI is InChI=1S/C14H17ClFN3/c1-4-17-14(12-8-18-19(3)9(12)2)11-6-5-10(15)7-13(11)16/h5-8,14,17H,4H2,1-3H3. The van der Waals surface area contributed by atoms with E-state index < -0.39 is 0 Å². The zero-order valence-electron chi connectivity index (χ0n) is 11.2. The lowest BCUT2D eigenvalue weighted by Crippen LogP contribution is -2.23. The van der Waals surface area contributed by atoms with Gasteiger partial charge in [-0.1, -0.05) is 24.6 Å². The van der Waals surface area contributed by atoms with E-state index >= 15 is 0 Å². The minimum Gasteiger partial charge on any atom is -0.306 e. The molecule has 1 atom stereocenters. The van der Waals surface area contributed by atoms with Crippen LogP contribution in [0.5, 0.6) is 0 Å². The zero-order valence-corrected chi connectivity index (χ0v) is 12.0. The quantitative estimate of drug-likeness (QED) is 0.932. The monoisotopic (exact) mass is 281 g/mol. The van der Waals surface area contributed by atoms with Crippen LogP contribution in [0, 0.1) is 12.7 Å². The van der Waals surface area contributed by atoms with Gasteiger partial charge in [0.25, 0.3) is 0 Å². The van der Waals surface area contributed by atoms with Gasteiger partial charge in [-0.05, 0) is 25.6 Å². The molecule has 0 saturated heterocycles.